The molecular weight excluding hydrogens is 186 g/mol. The molecule has 1 N–H and O–H groups in total. The Balaban J connectivity index is 2.33. The van der Waals surface area contributed by atoms with Crippen LogP contribution < -0.4 is 5.32 Å². The average Bonchev–Trinajstić information content (AvgIpc) is 2.05. The number of hydrogen-bond donors (Lipinski definition) is 1. The standard InChI is InChI=1S/C9H8ClN3/c10-6-1-2-8(7-3-4-12-7)13-9(6)5-11/h1-2,7,12H,3-4H2. The Hall–Kier alpha value is -1.11. The van der Waals surface area contributed by atoms with Crippen LogP contribution in [0, 0.1) is 11.3 Å². The Labute approximate surface area is 81.4 Å². The van der Waals surface area contributed by atoms with Crippen molar-refractivity contribution in [1.29, 1.82) is 5.26 Å². The third-order valence-corrected chi connectivity index (χ3v) is 2.46. The summed E-state index contributed by atoms with van der Waals surface area (Å²) >= 11 is 5.76. The van der Waals surface area contributed by atoms with Crippen LogP contribution in [-0.2, 0) is 0 Å². The summed E-state index contributed by atoms with van der Waals surface area (Å²) in [4.78, 5) is 4.16. The first-order chi connectivity index (χ1) is 6.31. The Morgan fingerprint density at radius 1 is 1.62 bits per heavy atom. The minimum absolute atomic E-state index is 0.310. The van der Waals surface area contributed by atoms with Gasteiger partial charge in [0.15, 0.2) is 5.69 Å². The van der Waals surface area contributed by atoms with E-state index in [1.165, 1.54) is 0 Å². The summed E-state index contributed by atoms with van der Waals surface area (Å²) in [5, 5.41) is 12.3. The summed E-state index contributed by atoms with van der Waals surface area (Å²) in [6.07, 6.45) is 1.08. The minimum atomic E-state index is 0.310. The van der Waals surface area contributed by atoms with Gasteiger partial charge in [0.05, 0.1) is 16.8 Å². The van der Waals surface area contributed by atoms with Gasteiger partial charge in [-0.2, -0.15) is 5.26 Å². The predicted octanol–water partition coefficient (Wildman–Crippen LogP) is 1.64. The Bertz CT molecular complexity index is 366. The van der Waals surface area contributed by atoms with E-state index in [1.807, 2.05) is 12.1 Å². The van der Waals surface area contributed by atoms with Crippen LogP contribution in [0.4, 0.5) is 0 Å². The SMILES string of the molecule is N#Cc1nc(C2CCN2)ccc1Cl. The van der Waals surface area contributed by atoms with Crippen LogP contribution in [0.5, 0.6) is 0 Å². The first-order valence-electron chi connectivity index (χ1n) is 4.11. The van der Waals surface area contributed by atoms with Crippen molar-refractivity contribution in [3.05, 3.63) is 28.5 Å². The zero-order chi connectivity index (χ0) is 9.26. The van der Waals surface area contributed by atoms with E-state index in [2.05, 4.69) is 10.3 Å². The van der Waals surface area contributed by atoms with Gasteiger partial charge in [0.2, 0.25) is 0 Å². The molecular formula is C9H8ClN3. The summed E-state index contributed by atoms with van der Waals surface area (Å²) in [6, 6.07) is 5.86. The summed E-state index contributed by atoms with van der Waals surface area (Å²) in [5.41, 5.74) is 1.22. The Morgan fingerprint density at radius 2 is 2.38 bits per heavy atom. The van der Waals surface area contributed by atoms with Crippen molar-refractivity contribution in [2.24, 2.45) is 0 Å². The molecule has 1 aliphatic heterocycles. The van der Waals surface area contributed by atoms with Crippen molar-refractivity contribution in [3.63, 3.8) is 0 Å². The van der Waals surface area contributed by atoms with Gasteiger partial charge in [0.25, 0.3) is 0 Å². The molecule has 0 amide bonds. The molecule has 0 saturated carbocycles. The lowest BCUT2D eigenvalue weighted by atomic mass is 10.0. The lowest BCUT2D eigenvalue weighted by Crippen LogP contribution is -2.35. The molecule has 2 rings (SSSR count). The van der Waals surface area contributed by atoms with Gasteiger partial charge >= 0.3 is 0 Å². The van der Waals surface area contributed by atoms with Crippen LogP contribution in [0.15, 0.2) is 12.1 Å². The molecule has 0 bridgehead atoms. The van der Waals surface area contributed by atoms with Crippen LogP contribution in [0.3, 0.4) is 0 Å². The van der Waals surface area contributed by atoms with E-state index >= 15 is 0 Å². The van der Waals surface area contributed by atoms with E-state index in [9.17, 15) is 0 Å². The van der Waals surface area contributed by atoms with Crippen molar-refractivity contribution < 1.29 is 0 Å². The van der Waals surface area contributed by atoms with Gasteiger partial charge in [0.1, 0.15) is 6.07 Å². The van der Waals surface area contributed by atoms with Gasteiger partial charge in [-0.3, -0.25) is 0 Å². The quantitative estimate of drug-likeness (QED) is 0.738. The van der Waals surface area contributed by atoms with Crippen molar-refractivity contribution >= 4 is 11.6 Å². The first kappa shape index (κ1) is 8.49. The lowest BCUT2D eigenvalue weighted by Gasteiger charge is -2.26. The summed E-state index contributed by atoms with van der Waals surface area (Å²) < 4.78 is 0. The van der Waals surface area contributed by atoms with Crippen molar-refractivity contribution in [1.82, 2.24) is 10.3 Å². The Kier molecular flexibility index (Phi) is 2.17. The molecule has 0 aliphatic carbocycles. The number of hydrogen-bond acceptors (Lipinski definition) is 3. The zero-order valence-corrected chi connectivity index (χ0v) is 7.67. The van der Waals surface area contributed by atoms with E-state index < -0.39 is 0 Å². The second-order valence-electron chi connectivity index (χ2n) is 2.97. The number of halogens is 1. The smallest absolute Gasteiger partial charge is 0.159 e. The number of pyridine rings is 1. The maximum atomic E-state index is 8.70. The highest BCUT2D eigenvalue weighted by atomic mass is 35.5. The van der Waals surface area contributed by atoms with E-state index in [0.29, 0.717) is 16.8 Å². The van der Waals surface area contributed by atoms with Gasteiger partial charge in [-0.1, -0.05) is 11.6 Å². The number of nitrogens with one attached hydrogen (secondary N) is 1. The van der Waals surface area contributed by atoms with Gasteiger partial charge in [-0.05, 0) is 25.1 Å². The fourth-order valence-electron chi connectivity index (χ4n) is 1.27. The zero-order valence-electron chi connectivity index (χ0n) is 6.92. The third-order valence-electron chi connectivity index (χ3n) is 2.15. The fourth-order valence-corrected chi connectivity index (χ4v) is 1.42. The molecule has 4 heteroatoms. The van der Waals surface area contributed by atoms with Crippen molar-refractivity contribution in [2.45, 2.75) is 12.5 Å². The van der Waals surface area contributed by atoms with E-state index in [-0.39, 0.29) is 0 Å². The number of rotatable bonds is 1. The average molecular weight is 194 g/mol. The summed E-state index contributed by atoms with van der Waals surface area (Å²) in [5.74, 6) is 0. The van der Waals surface area contributed by atoms with Crippen LogP contribution in [0.1, 0.15) is 23.9 Å². The molecule has 1 aromatic heterocycles. The van der Waals surface area contributed by atoms with Crippen molar-refractivity contribution in [2.75, 3.05) is 6.54 Å². The molecule has 13 heavy (non-hydrogen) atoms. The van der Waals surface area contributed by atoms with E-state index in [4.69, 9.17) is 16.9 Å². The highest BCUT2D eigenvalue weighted by Crippen LogP contribution is 2.23. The molecule has 0 spiro atoms. The maximum absolute atomic E-state index is 8.70. The van der Waals surface area contributed by atoms with Crippen molar-refractivity contribution in [3.8, 4) is 6.07 Å². The largest absolute Gasteiger partial charge is 0.309 e. The molecule has 0 radical (unpaired) electrons. The van der Waals surface area contributed by atoms with Gasteiger partial charge in [-0.25, -0.2) is 4.98 Å². The normalized spacial score (nSPS) is 20.5. The third kappa shape index (κ3) is 1.51. The van der Waals surface area contributed by atoms with E-state index in [0.717, 1.165) is 18.7 Å². The first-order valence-corrected chi connectivity index (χ1v) is 4.49. The maximum Gasteiger partial charge on any atom is 0.159 e. The second-order valence-corrected chi connectivity index (χ2v) is 3.38. The molecule has 1 fully saturated rings. The minimum Gasteiger partial charge on any atom is -0.309 e. The topological polar surface area (TPSA) is 48.7 Å². The molecule has 1 atom stereocenters. The number of nitrogens with zero attached hydrogens (tertiary/aromatic N) is 2. The van der Waals surface area contributed by atoms with Crippen LogP contribution in [0.2, 0.25) is 5.02 Å². The molecule has 1 saturated heterocycles. The molecule has 1 aliphatic rings. The summed E-state index contributed by atoms with van der Waals surface area (Å²) in [6.45, 7) is 1.02. The van der Waals surface area contributed by atoms with E-state index in [1.54, 1.807) is 6.07 Å². The molecule has 2 heterocycles. The monoisotopic (exact) mass is 193 g/mol. The number of nitriles is 1. The van der Waals surface area contributed by atoms with Gasteiger partial charge in [-0.15, -0.1) is 0 Å². The molecule has 3 nitrogen and oxygen atoms in total. The van der Waals surface area contributed by atoms with Crippen LogP contribution >= 0.6 is 11.6 Å². The highest BCUT2D eigenvalue weighted by molar-refractivity contribution is 6.31. The molecule has 1 unspecified atom stereocenters. The molecule has 0 aromatic carbocycles. The van der Waals surface area contributed by atoms with Crippen LogP contribution in [-0.4, -0.2) is 11.5 Å². The lowest BCUT2D eigenvalue weighted by molar-refractivity contribution is 0.375. The summed E-state index contributed by atoms with van der Waals surface area (Å²) in [7, 11) is 0. The predicted molar refractivity (Wildman–Crippen MR) is 49.3 cm³/mol. The Morgan fingerprint density at radius 3 is 2.92 bits per heavy atom. The molecule has 66 valence electrons. The second kappa shape index (κ2) is 3.33. The highest BCUT2D eigenvalue weighted by Gasteiger charge is 2.20. The molecule has 1 aromatic rings. The van der Waals surface area contributed by atoms with Gasteiger partial charge < -0.3 is 5.32 Å². The number of aromatic nitrogens is 1. The fraction of sp³-hybridized carbons (Fsp3) is 0.333. The van der Waals surface area contributed by atoms with Crippen LogP contribution in [0.25, 0.3) is 0 Å². The van der Waals surface area contributed by atoms with Gasteiger partial charge in [0, 0.05) is 0 Å².